The smallest absolute Gasteiger partial charge is 0.189 e. The van der Waals surface area contributed by atoms with Crippen LogP contribution in [0.1, 0.15) is 25.1 Å². The Morgan fingerprint density at radius 2 is 2.22 bits per heavy atom. The normalized spacial score (nSPS) is 13.8. The van der Waals surface area contributed by atoms with E-state index in [0.717, 1.165) is 6.42 Å². The predicted octanol–water partition coefficient (Wildman–Crippen LogP) is 3.10. The van der Waals surface area contributed by atoms with Crippen molar-refractivity contribution in [1.82, 2.24) is 5.32 Å². The fraction of sp³-hybridized carbons (Fsp3) is 0.357. The zero-order valence-electron chi connectivity index (χ0n) is 10.8. The van der Waals surface area contributed by atoms with Gasteiger partial charge in [-0.2, -0.15) is 0 Å². The van der Waals surface area contributed by atoms with Crippen LogP contribution in [0.25, 0.3) is 10.1 Å². The first-order chi connectivity index (χ1) is 8.69. The third-order valence-corrected chi connectivity index (χ3v) is 3.99. The van der Waals surface area contributed by atoms with Gasteiger partial charge in [0, 0.05) is 15.6 Å². The van der Waals surface area contributed by atoms with E-state index >= 15 is 0 Å². The molecule has 1 aromatic carbocycles. The highest BCUT2D eigenvalue weighted by Gasteiger charge is 2.02. The van der Waals surface area contributed by atoms with Crippen LogP contribution < -0.4 is 11.1 Å². The van der Waals surface area contributed by atoms with Crippen LogP contribution in [0.3, 0.4) is 0 Å². The molecule has 0 aliphatic rings. The summed E-state index contributed by atoms with van der Waals surface area (Å²) >= 11 is 1.77. The molecule has 1 aromatic heterocycles. The van der Waals surface area contributed by atoms with E-state index in [4.69, 9.17) is 5.73 Å². The zero-order chi connectivity index (χ0) is 13.0. The first-order valence-electron chi connectivity index (χ1n) is 6.23. The maximum absolute atomic E-state index is 5.84. The van der Waals surface area contributed by atoms with E-state index in [9.17, 15) is 0 Å². The molecule has 0 aliphatic carbocycles. The van der Waals surface area contributed by atoms with Gasteiger partial charge in [0.1, 0.15) is 0 Å². The lowest BCUT2D eigenvalue weighted by molar-refractivity contribution is 0.636. The van der Waals surface area contributed by atoms with Crippen LogP contribution in [-0.4, -0.2) is 12.0 Å². The van der Waals surface area contributed by atoms with Crippen LogP contribution >= 0.6 is 11.3 Å². The summed E-state index contributed by atoms with van der Waals surface area (Å²) in [6, 6.07) is 10.9. The molecule has 4 heteroatoms. The quantitative estimate of drug-likeness (QED) is 0.656. The van der Waals surface area contributed by atoms with E-state index in [1.807, 2.05) is 0 Å². The molecule has 2 aromatic rings. The standard InChI is InChI=1S/C14H19N3S/c1-3-10(2)17-14(15)16-9-12-8-11-6-4-5-7-13(11)18-12/h4-8,10H,3,9H2,1-2H3,(H3,15,16,17). The summed E-state index contributed by atoms with van der Waals surface area (Å²) in [6.45, 7) is 4.87. The van der Waals surface area contributed by atoms with Crippen molar-refractivity contribution >= 4 is 27.4 Å². The van der Waals surface area contributed by atoms with Gasteiger partial charge in [0.15, 0.2) is 5.96 Å². The van der Waals surface area contributed by atoms with Gasteiger partial charge in [0.25, 0.3) is 0 Å². The molecule has 1 heterocycles. The van der Waals surface area contributed by atoms with E-state index < -0.39 is 0 Å². The van der Waals surface area contributed by atoms with Crippen molar-refractivity contribution in [3.63, 3.8) is 0 Å². The fourth-order valence-electron chi connectivity index (χ4n) is 1.68. The van der Waals surface area contributed by atoms with E-state index in [-0.39, 0.29) is 0 Å². The molecular weight excluding hydrogens is 242 g/mol. The predicted molar refractivity (Wildman–Crippen MR) is 80.0 cm³/mol. The number of nitrogens with zero attached hydrogens (tertiary/aromatic N) is 1. The highest BCUT2D eigenvalue weighted by atomic mass is 32.1. The monoisotopic (exact) mass is 261 g/mol. The maximum atomic E-state index is 5.84. The highest BCUT2D eigenvalue weighted by molar-refractivity contribution is 7.19. The SMILES string of the molecule is CCC(C)NC(N)=NCc1cc2ccccc2s1. The van der Waals surface area contributed by atoms with Crippen molar-refractivity contribution in [3.05, 3.63) is 35.2 Å². The lowest BCUT2D eigenvalue weighted by atomic mass is 10.2. The van der Waals surface area contributed by atoms with Crippen LogP contribution in [0.5, 0.6) is 0 Å². The molecule has 0 saturated heterocycles. The molecule has 1 unspecified atom stereocenters. The zero-order valence-corrected chi connectivity index (χ0v) is 11.6. The molecule has 0 amide bonds. The van der Waals surface area contributed by atoms with Gasteiger partial charge in [-0.05, 0) is 30.9 Å². The first-order valence-corrected chi connectivity index (χ1v) is 7.04. The van der Waals surface area contributed by atoms with Gasteiger partial charge >= 0.3 is 0 Å². The minimum absolute atomic E-state index is 0.371. The lowest BCUT2D eigenvalue weighted by Crippen LogP contribution is -2.37. The number of thiophene rings is 1. The second kappa shape index (κ2) is 5.87. The number of benzene rings is 1. The second-order valence-corrected chi connectivity index (χ2v) is 5.57. The minimum atomic E-state index is 0.371. The Kier molecular flexibility index (Phi) is 4.20. The third-order valence-electron chi connectivity index (χ3n) is 2.89. The van der Waals surface area contributed by atoms with Crippen molar-refractivity contribution in [2.24, 2.45) is 10.7 Å². The topological polar surface area (TPSA) is 50.4 Å². The molecular formula is C14H19N3S. The first kappa shape index (κ1) is 12.9. The lowest BCUT2D eigenvalue weighted by Gasteiger charge is -2.11. The second-order valence-electron chi connectivity index (χ2n) is 4.41. The summed E-state index contributed by atoms with van der Waals surface area (Å²) in [5.41, 5.74) is 5.84. The molecule has 3 N–H and O–H groups in total. The molecule has 3 nitrogen and oxygen atoms in total. The van der Waals surface area contributed by atoms with Crippen molar-refractivity contribution < 1.29 is 0 Å². The molecule has 1 atom stereocenters. The fourth-order valence-corrected chi connectivity index (χ4v) is 2.67. The van der Waals surface area contributed by atoms with E-state index in [2.05, 4.69) is 54.5 Å². The molecule has 2 rings (SSSR count). The van der Waals surface area contributed by atoms with Gasteiger partial charge in [-0.25, -0.2) is 4.99 Å². The number of guanidine groups is 1. The Labute approximate surface area is 112 Å². The minimum Gasteiger partial charge on any atom is -0.370 e. The summed E-state index contributed by atoms with van der Waals surface area (Å²) in [7, 11) is 0. The summed E-state index contributed by atoms with van der Waals surface area (Å²) in [6.07, 6.45) is 1.04. The van der Waals surface area contributed by atoms with E-state index in [0.29, 0.717) is 18.5 Å². The Hall–Kier alpha value is -1.55. The van der Waals surface area contributed by atoms with Crippen molar-refractivity contribution in [3.8, 4) is 0 Å². The Morgan fingerprint density at radius 3 is 2.94 bits per heavy atom. The number of nitrogens with one attached hydrogen (secondary N) is 1. The Morgan fingerprint density at radius 1 is 1.44 bits per heavy atom. The van der Waals surface area contributed by atoms with Crippen molar-refractivity contribution in [1.29, 1.82) is 0 Å². The van der Waals surface area contributed by atoms with Gasteiger partial charge in [0.2, 0.25) is 0 Å². The Balaban J connectivity index is 2.03. The van der Waals surface area contributed by atoms with Crippen LogP contribution in [0.4, 0.5) is 0 Å². The van der Waals surface area contributed by atoms with Gasteiger partial charge in [-0.15, -0.1) is 11.3 Å². The number of rotatable bonds is 4. The van der Waals surface area contributed by atoms with Crippen LogP contribution in [0, 0.1) is 0 Å². The number of hydrogen-bond donors (Lipinski definition) is 2. The summed E-state index contributed by atoms with van der Waals surface area (Å²) < 4.78 is 1.30. The number of fused-ring (bicyclic) bond motifs is 1. The molecule has 0 radical (unpaired) electrons. The van der Waals surface area contributed by atoms with E-state index in [1.165, 1.54) is 15.0 Å². The molecule has 18 heavy (non-hydrogen) atoms. The van der Waals surface area contributed by atoms with Crippen LogP contribution in [0.15, 0.2) is 35.3 Å². The molecule has 0 saturated carbocycles. The average molecular weight is 261 g/mol. The van der Waals surface area contributed by atoms with Crippen molar-refractivity contribution in [2.45, 2.75) is 32.9 Å². The number of hydrogen-bond acceptors (Lipinski definition) is 2. The van der Waals surface area contributed by atoms with Crippen LogP contribution in [0.2, 0.25) is 0 Å². The molecule has 0 aliphatic heterocycles. The maximum Gasteiger partial charge on any atom is 0.189 e. The third kappa shape index (κ3) is 3.23. The average Bonchev–Trinajstić information content (AvgIpc) is 2.79. The van der Waals surface area contributed by atoms with E-state index in [1.54, 1.807) is 11.3 Å². The van der Waals surface area contributed by atoms with Gasteiger partial charge in [-0.1, -0.05) is 25.1 Å². The number of nitrogens with two attached hydrogens (primary N) is 1. The van der Waals surface area contributed by atoms with Crippen molar-refractivity contribution in [2.75, 3.05) is 0 Å². The molecule has 0 fully saturated rings. The van der Waals surface area contributed by atoms with Gasteiger partial charge in [0.05, 0.1) is 6.54 Å². The summed E-state index contributed by atoms with van der Waals surface area (Å²) in [5, 5.41) is 4.44. The summed E-state index contributed by atoms with van der Waals surface area (Å²) in [4.78, 5) is 5.61. The Bertz CT molecular complexity index is 512. The summed E-state index contributed by atoms with van der Waals surface area (Å²) in [5.74, 6) is 0.529. The molecule has 0 bridgehead atoms. The number of aliphatic imine (C=N–C) groups is 1. The molecule has 0 spiro atoms. The highest BCUT2D eigenvalue weighted by Crippen LogP contribution is 2.25. The van der Waals surface area contributed by atoms with Gasteiger partial charge < -0.3 is 11.1 Å². The van der Waals surface area contributed by atoms with Crippen LogP contribution in [-0.2, 0) is 6.54 Å². The largest absolute Gasteiger partial charge is 0.370 e. The van der Waals surface area contributed by atoms with Gasteiger partial charge in [-0.3, -0.25) is 0 Å². The molecule has 96 valence electrons.